The van der Waals surface area contributed by atoms with Crippen LogP contribution in [0.3, 0.4) is 0 Å². The molecule has 0 aliphatic carbocycles. The first-order chi connectivity index (χ1) is 10.7. The Hall–Kier alpha value is -1.90. The van der Waals surface area contributed by atoms with E-state index in [0.29, 0.717) is 12.4 Å². The van der Waals surface area contributed by atoms with E-state index in [1.807, 2.05) is 0 Å². The highest BCUT2D eigenvalue weighted by Gasteiger charge is 2.21. The summed E-state index contributed by atoms with van der Waals surface area (Å²) in [7, 11) is 1.29. The Kier molecular flexibility index (Phi) is 7.21. The number of hydrogen-bond acceptors (Lipinski definition) is 7. The number of carbonyl (C=O) groups excluding carboxylic acids is 2. The van der Waals surface area contributed by atoms with Crippen LogP contribution in [0.2, 0.25) is 0 Å². The van der Waals surface area contributed by atoms with Gasteiger partial charge < -0.3 is 20.1 Å². The van der Waals surface area contributed by atoms with Crippen molar-refractivity contribution >= 4 is 33.9 Å². The van der Waals surface area contributed by atoms with Gasteiger partial charge in [0.15, 0.2) is 0 Å². The van der Waals surface area contributed by atoms with E-state index in [1.54, 1.807) is 33.2 Å². The van der Waals surface area contributed by atoms with Crippen LogP contribution in [0.1, 0.15) is 27.2 Å². The number of amides is 1. The van der Waals surface area contributed by atoms with Gasteiger partial charge in [0.05, 0.1) is 11.6 Å². The normalized spacial score (nSPS) is 12.2. The van der Waals surface area contributed by atoms with Crippen LogP contribution in [0.25, 0.3) is 0 Å². The lowest BCUT2D eigenvalue weighted by Crippen LogP contribution is -2.38. The summed E-state index contributed by atoms with van der Waals surface area (Å²) in [6.07, 6.45) is 2.87. The van der Waals surface area contributed by atoms with Gasteiger partial charge in [0, 0.05) is 18.9 Å². The van der Waals surface area contributed by atoms with Crippen LogP contribution < -0.4 is 10.6 Å². The highest BCUT2D eigenvalue weighted by atomic mass is 79.9. The Balaban J connectivity index is 2.54. The minimum atomic E-state index is -0.684. The summed E-state index contributed by atoms with van der Waals surface area (Å²) in [5, 5.41) is 5.46. The maximum atomic E-state index is 11.8. The van der Waals surface area contributed by atoms with Crippen LogP contribution in [0.4, 0.5) is 10.7 Å². The van der Waals surface area contributed by atoms with Gasteiger partial charge in [-0.05, 0) is 43.1 Å². The van der Waals surface area contributed by atoms with E-state index in [2.05, 4.69) is 36.5 Å². The summed E-state index contributed by atoms with van der Waals surface area (Å²) in [4.78, 5) is 31.4. The van der Waals surface area contributed by atoms with Crippen molar-refractivity contribution in [2.45, 2.75) is 38.8 Å². The van der Waals surface area contributed by atoms with Gasteiger partial charge in [0.1, 0.15) is 11.6 Å². The molecule has 0 saturated heterocycles. The molecule has 0 bridgehead atoms. The second-order valence-corrected chi connectivity index (χ2v) is 6.58. The molecule has 23 heavy (non-hydrogen) atoms. The first-order valence-corrected chi connectivity index (χ1v) is 7.79. The van der Waals surface area contributed by atoms with E-state index in [-0.39, 0.29) is 6.54 Å². The minimum Gasteiger partial charge on any atom is -0.467 e. The van der Waals surface area contributed by atoms with Crippen molar-refractivity contribution in [1.82, 2.24) is 15.3 Å². The standard InChI is InChI=1S/C14H21BrN4O4/c1-14(2,3)23-13(21)16-6-5-10(11(20)22-4)19-12-17-7-9(15)8-18-12/h7-8,10H,5-6H2,1-4H3,(H,16,21)(H,17,18,19)/t10-/m0/s1. The lowest BCUT2D eigenvalue weighted by molar-refractivity contribution is -0.141. The Morgan fingerprint density at radius 1 is 1.30 bits per heavy atom. The molecular weight excluding hydrogens is 368 g/mol. The van der Waals surface area contributed by atoms with E-state index in [9.17, 15) is 9.59 Å². The van der Waals surface area contributed by atoms with Crippen molar-refractivity contribution in [3.63, 3.8) is 0 Å². The second kappa shape index (κ2) is 8.66. The molecule has 0 aliphatic heterocycles. The van der Waals surface area contributed by atoms with Gasteiger partial charge in [-0.3, -0.25) is 0 Å². The summed E-state index contributed by atoms with van der Waals surface area (Å²) in [5.74, 6) is -0.177. The smallest absolute Gasteiger partial charge is 0.407 e. The van der Waals surface area contributed by atoms with Crippen molar-refractivity contribution in [3.8, 4) is 0 Å². The molecular formula is C14H21BrN4O4. The van der Waals surface area contributed by atoms with Gasteiger partial charge in [-0.15, -0.1) is 0 Å². The fourth-order valence-corrected chi connectivity index (χ4v) is 1.77. The van der Waals surface area contributed by atoms with Crippen molar-refractivity contribution in [1.29, 1.82) is 0 Å². The van der Waals surface area contributed by atoms with Crippen molar-refractivity contribution in [2.24, 2.45) is 0 Å². The van der Waals surface area contributed by atoms with Crippen LogP contribution in [0.15, 0.2) is 16.9 Å². The average Bonchev–Trinajstić information content (AvgIpc) is 2.45. The molecule has 0 fully saturated rings. The third-order valence-corrected chi connectivity index (χ3v) is 2.92. The number of rotatable bonds is 6. The average molecular weight is 389 g/mol. The van der Waals surface area contributed by atoms with E-state index in [0.717, 1.165) is 4.47 Å². The van der Waals surface area contributed by atoms with Gasteiger partial charge in [-0.25, -0.2) is 19.6 Å². The number of methoxy groups -OCH3 is 1. The molecule has 9 heteroatoms. The maximum Gasteiger partial charge on any atom is 0.407 e. The lowest BCUT2D eigenvalue weighted by Gasteiger charge is -2.20. The maximum absolute atomic E-state index is 11.8. The summed E-state index contributed by atoms with van der Waals surface area (Å²) in [6.45, 7) is 5.56. The summed E-state index contributed by atoms with van der Waals surface area (Å²) in [6, 6.07) is -0.684. The van der Waals surface area contributed by atoms with Crippen LogP contribution in [0, 0.1) is 0 Å². The van der Waals surface area contributed by atoms with Gasteiger partial charge in [0.25, 0.3) is 0 Å². The predicted molar refractivity (Wildman–Crippen MR) is 88.0 cm³/mol. The molecule has 0 aliphatic rings. The van der Waals surface area contributed by atoms with E-state index < -0.39 is 23.7 Å². The van der Waals surface area contributed by atoms with Crippen molar-refractivity contribution in [3.05, 3.63) is 16.9 Å². The zero-order valence-corrected chi connectivity index (χ0v) is 15.1. The molecule has 1 aromatic heterocycles. The number of anilines is 1. The number of nitrogens with one attached hydrogen (secondary N) is 2. The molecule has 128 valence electrons. The highest BCUT2D eigenvalue weighted by molar-refractivity contribution is 9.10. The van der Waals surface area contributed by atoms with Gasteiger partial charge in [-0.2, -0.15) is 0 Å². The summed E-state index contributed by atoms with van der Waals surface area (Å²) in [5.41, 5.74) is -0.574. The van der Waals surface area contributed by atoms with Gasteiger partial charge in [-0.1, -0.05) is 0 Å². The quantitative estimate of drug-likeness (QED) is 0.719. The van der Waals surface area contributed by atoms with Gasteiger partial charge in [0.2, 0.25) is 5.95 Å². The topological polar surface area (TPSA) is 102 Å². The number of hydrogen-bond donors (Lipinski definition) is 2. The number of halogens is 1. The molecule has 1 aromatic rings. The number of ether oxygens (including phenoxy) is 2. The molecule has 1 amide bonds. The third-order valence-electron chi connectivity index (χ3n) is 2.51. The molecule has 0 unspecified atom stereocenters. The monoisotopic (exact) mass is 388 g/mol. The number of aromatic nitrogens is 2. The molecule has 0 spiro atoms. The third kappa shape index (κ3) is 7.78. The number of carbonyl (C=O) groups is 2. The van der Waals surface area contributed by atoms with E-state index in [1.165, 1.54) is 7.11 Å². The highest BCUT2D eigenvalue weighted by Crippen LogP contribution is 2.10. The molecule has 0 radical (unpaired) electrons. The van der Waals surface area contributed by atoms with E-state index in [4.69, 9.17) is 9.47 Å². The predicted octanol–water partition coefficient (Wildman–Crippen LogP) is 2.11. The molecule has 8 nitrogen and oxygen atoms in total. The van der Waals surface area contributed by atoms with Crippen LogP contribution in [0.5, 0.6) is 0 Å². The van der Waals surface area contributed by atoms with E-state index >= 15 is 0 Å². The zero-order valence-electron chi connectivity index (χ0n) is 13.6. The van der Waals surface area contributed by atoms with Crippen LogP contribution in [-0.4, -0.2) is 47.3 Å². The fourth-order valence-electron chi connectivity index (χ4n) is 1.57. The fraction of sp³-hybridized carbons (Fsp3) is 0.571. The van der Waals surface area contributed by atoms with Crippen molar-refractivity contribution < 1.29 is 19.1 Å². The van der Waals surface area contributed by atoms with Crippen molar-refractivity contribution in [2.75, 3.05) is 19.0 Å². The van der Waals surface area contributed by atoms with Gasteiger partial charge >= 0.3 is 12.1 Å². The first-order valence-electron chi connectivity index (χ1n) is 7.00. The molecule has 2 N–H and O–H groups in total. The minimum absolute atomic E-state index is 0.234. The zero-order chi connectivity index (χ0) is 17.5. The van der Waals surface area contributed by atoms with Crippen LogP contribution in [-0.2, 0) is 14.3 Å². The lowest BCUT2D eigenvalue weighted by atomic mass is 10.2. The Morgan fingerprint density at radius 3 is 2.43 bits per heavy atom. The SMILES string of the molecule is COC(=O)[C@H](CCNC(=O)OC(C)(C)C)Nc1ncc(Br)cn1. The summed E-state index contributed by atoms with van der Waals surface area (Å²) < 4.78 is 10.6. The second-order valence-electron chi connectivity index (χ2n) is 5.66. The molecule has 0 saturated carbocycles. The number of esters is 1. The summed E-state index contributed by atoms with van der Waals surface area (Å²) >= 11 is 3.23. The molecule has 1 atom stereocenters. The Bertz CT molecular complexity index is 531. The number of alkyl carbamates (subject to hydrolysis) is 1. The first kappa shape index (κ1) is 19.1. The number of nitrogens with zero attached hydrogens (tertiary/aromatic N) is 2. The largest absolute Gasteiger partial charge is 0.467 e. The Labute approximate surface area is 143 Å². The molecule has 0 aromatic carbocycles. The Morgan fingerprint density at radius 2 is 1.91 bits per heavy atom. The van der Waals surface area contributed by atoms with Crippen LogP contribution >= 0.6 is 15.9 Å². The molecule has 1 rings (SSSR count). The molecule has 1 heterocycles.